The predicted octanol–water partition coefficient (Wildman–Crippen LogP) is 5.60. The standard InChI is InChI=1S/C13H7Br3FNO3/c14-8-2-1-7(12(17)3-8)6-21-13-10(15)4-9(18(19)20)5-11(13)16/h1-5H,6H2. The van der Waals surface area contributed by atoms with Gasteiger partial charge in [0.05, 0.1) is 13.9 Å². The van der Waals surface area contributed by atoms with Gasteiger partial charge in [0.25, 0.3) is 5.69 Å². The summed E-state index contributed by atoms with van der Waals surface area (Å²) < 4.78 is 20.7. The highest BCUT2D eigenvalue weighted by Gasteiger charge is 2.15. The second-order valence-electron chi connectivity index (χ2n) is 4.02. The van der Waals surface area contributed by atoms with Crippen molar-refractivity contribution in [3.8, 4) is 5.75 Å². The summed E-state index contributed by atoms with van der Waals surface area (Å²) in [6.45, 7) is 0.00806. The highest BCUT2D eigenvalue weighted by molar-refractivity contribution is 9.11. The zero-order valence-corrected chi connectivity index (χ0v) is 15.0. The predicted molar refractivity (Wildman–Crippen MR) is 86.9 cm³/mol. The number of non-ortho nitro benzene ring substituents is 1. The smallest absolute Gasteiger partial charge is 0.271 e. The number of hydrogen-bond donors (Lipinski definition) is 0. The molecule has 110 valence electrons. The molecule has 2 aromatic rings. The van der Waals surface area contributed by atoms with Crippen molar-refractivity contribution >= 4 is 53.5 Å². The average Bonchev–Trinajstić information content (AvgIpc) is 2.39. The molecule has 0 aliphatic heterocycles. The maximum Gasteiger partial charge on any atom is 0.271 e. The summed E-state index contributed by atoms with van der Waals surface area (Å²) in [4.78, 5) is 10.2. The Morgan fingerprint density at radius 3 is 2.29 bits per heavy atom. The van der Waals surface area contributed by atoms with E-state index in [0.717, 1.165) is 0 Å². The number of rotatable bonds is 4. The fourth-order valence-electron chi connectivity index (χ4n) is 1.58. The van der Waals surface area contributed by atoms with E-state index in [0.29, 0.717) is 24.7 Å². The van der Waals surface area contributed by atoms with E-state index in [1.807, 2.05) is 0 Å². The van der Waals surface area contributed by atoms with E-state index in [1.54, 1.807) is 12.1 Å². The molecule has 2 rings (SSSR count). The number of halogens is 4. The second-order valence-corrected chi connectivity index (χ2v) is 6.64. The molecule has 21 heavy (non-hydrogen) atoms. The highest BCUT2D eigenvalue weighted by atomic mass is 79.9. The lowest BCUT2D eigenvalue weighted by Gasteiger charge is -2.11. The Labute approximate surface area is 144 Å². The van der Waals surface area contributed by atoms with Crippen molar-refractivity contribution in [2.75, 3.05) is 0 Å². The number of benzene rings is 2. The van der Waals surface area contributed by atoms with Crippen LogP contribution in [0.2, 0.25) is 0 Å². The van der Waals surface area contributed by atoms with Crippen molar-refractivity contribution in [3.05, 3.63) is 65.2 Å². The first-order chi connectivity index (χ1) is 9.88. The van der Waals surface area contributed by atoms with E-state index in [2.05, 4.69) is 47.8 Å². The summed E-state index contributed by atoms with van der Waals surface area (Å²) in [5, 5.41) is 10.7. The van der Waals surface area contributed by atoms with Crippen molar-refractivity contribution in [1.29, 1.82) is 0 Å². The Kier molecular flexibility index (Phi) is 5.34. The van der Waals surface area contributed by atoms with Crippen LogP contribution in [0.4, 0.5) is 10.1 Å². The Balaban J connectivity index is 2.22. The van der Waals surface area contributed by atoms with Crippen LogP contribution in [-0.2, 0) is 6.61 Å². The fourth-order valence-corrected chi connectivity index (χ4v) is 3.30. The number of ether oxygens (including phenoxy) is 1. The summed E-state index contributed by atoms with van der Waals surface area (Å²) in [7, 11) is 0. The van der Waals surface area contributed by atoms with Gasteiger partial charge in [-0.3, -0.25) is 10.1 Å². The van der Waals surface area contributed by atoms with Crippen LogP contribution in [0.15, 0.2) is 43.7 Å². The third-order valence-corrected chi connectivity index (χ3v) is 4.25. The van der Waals surface area contributed by atoms with Gasteiger partial charge in [-0.1, -0.05) is 22.0 Å². The van der Waals surface area contributed by atoms with Crippen LogP contribution in [-0.4, -0.2) is 4.92 Å². The summed E-state index contributed by atoms with van der Waals surface area (Å²) in [6, 6.07) is 7.32. The summed E-state index contributed by atoms with van der Waals surface area (Å²) in [6.07, 6.45) is 0. The van der Waals surface area contributed by atoms with Crippen LogP contribution in [0, 0.1) is 15.9 Å². The summed E-state index contributed by atoms with van der Waals surface area (Å²) in [5.41, 5.74) is 0.311. The van der Waals surface area contributed by atoms with Crippen molar-refractivity contribution < 1.29 is 14.1 Å². The molecule has 0 aromatic heterocycles. The van der Waals surface area contributed by atoms with E-state index < -0.39 is 10.7 Å². The average molecular weight is 484 g/mol. The SMILES string of the molecule is O=[N+]([O-])c1cc(Br)c(OCc2ccc(Br)cc2F)c(Br)c1. The van der Waals surface area contributed by atoms with E-state index in [-0.39, 0.29) is 12.3 Å². The minimum Gasteiger partial charge on any atom is -0.486 e. The third-order valence-electron chi connectivity index (χ3n) is 2.58. The normalized spacial score (nSPS) is 10.5. The molecule has 0 atom stereocenters. The van der Waals surface area contributed by atoms with E-state index in [9.17, 15) is 14.5 Å². The van der Waals surface area contributed by atoms with Crippen molar-refractivity contribution in [1.82, 2.24) is 0 Å². The molecule has 0 N–H and O–H groups in total. The maximum atomic E-state index is 13.7. The van der Waals surface area contributed by atoms with Gasteiger partial charge in [0, 0.05) is 22.2 Å². The Hall–Kier alpha value is -0.990. The number of nitro groups is 1. The van der Waals surface area contributed by atoms with Gasteiger partial charge in [-0.25, -0.2) is 4.39 Å². The molecule has 0 aliphatic carbocycles. The number of hydrogen-bond acceptors (Lipinski definition) is 3. The van der Waals surface area contributed by atoms with Crippen LogP contribution >= 0.6 is 47.8 Å². The lowest BCUT2D eigenvalue weighted by molar-refractivity contribution is -0.385. The van der Waals surface area contributed by atoms with Crippen molar-refractivity contribution in [2.45, 2.75) is 6.61 Å². The van der Waals surface area contributed by atoms with Gasteiger partial charge >= 0.3 is 0 Å². The Bertz CT molecular complexity index is 686. The molecule has 0 spiro atoms. The van der Waals surface area contributed by atoms with Gasteiger partial charge < -0.3 is 4.74 Å². The third kappa shape index (κ3) is 4.02. The first-order valence-electron chi connectivity index (χ1n) is 5.58. The zero-order valence-electron chi connectivity index (χ0n) is 10.3. The number of nitro benzene ring substituents is 1. The second kappa shape index (κ2) is 6.85. The van der Waals surface area contributed by atoms with E-state index in [4.69, 9.17) is 4.74 Å². The molecule has 0 bridgehead atoms. The first-order valence-corrected chi connectivity index (χ1v) is 7.96. The molecule has 0 aliphatic rings. The Morgan fingerprint density at radius 2 is 1.76 bits per heavy atom. The molecule has 0 saturated heterocycles. The van der Waals surface area contributed by atoms with Gasteiger partial charge in [-0.15, -0.1) is 0 Å². The quantitative estimate of drug-likeness (QED) is 0.420. The summed E-state index contributed by atoms with van der Waals surface area (Å²) in [5.74, 6) is -0.0125. The monoisotopic (exact) mass is 481 g/mol. The molecule has 0 fully saturated rings. The molecule has 0 unspecified atom stereocenters. The van der Waals surface area contributed by atoms with Gasteiger partial charge in [0.15, 0.2) is 0 Å². The first kappa shape index (κ1) is 16.4. The summed E-state index contributed by atoms with van der Waals surface area (Å²) >= 11 is 9.60. The van der Waals surface area contributed by atoms with Crippen molar-refractivity contribution in [3.63, 3.8) is 0 Å². The molecule has 0 heterocycles. The van der Waals surface area contributed by atoms with Crippen LogP contribution in [0.25, 0.3) is 0 Å². The van der Waals surface area contributed by atoms with E-state index in [1.165, 1.54) is 18.2 Å². The molecule has 4 nitrogen and oxygen atoms in total. The maximum absolute atomic E-state index is 13.7. The van der Waals surface area contributed by atoms with Crippen LogP contribution in [0.5, 0.6) is 5.75 Å². The van der Waals surface area contributed by atoms with Crippen LogP contribution in [0.3, 0.4) is 0 Å². The lowest BCUT2D eigenvalue weighted by atomic mass is 10.2. The molecule has 0 amide bonds. The minimum absolute atomic E-state index is 0.00806. The Morgan fingerprint density at radius 1 is 1.14 bits per heavy atom. The van der Waals surface area contributed by atoms with Gasteiger partial charge in [0.2, 0.25) is 0 Å². The number of nitrogens with zero attached hydrogens (tertiary/aromatic N) is 1. The highest BCUT2D eigenvalue weighted by Crippen LogP contribution is 2.37. The molecular weight excluding hydrogens is 477 g/mol. The zero-order chi connectivity index (χ0) is 15.6. The minimum atomic E-state index is -0.506. The molecule has 0 radical (unpaired) electrons. The fraction of sp³-hybridized carbons (Fsp3) is 0.0769. The van der Waals surface area contributed by atoms with Crippen LogP contribution < -0.4 is 4.74 Å². The topological polar surface area (TPSA) is 52.4 Å². The van der Waals surface area contributed by atoms with E-state index >= 15 is 0 Å². The lowest BCUT2D eigenvalue weighted by Crippen LogP contribution is -2.00. The molecule has 0 saturated carbocycles. The van der Waals surface area contributed by atoms with Gasteiger partial charge in [-0.2, -0.15) is 0 Å². The molecule has 8 heteroatoms. The van der Waals surface area contributed by atoms with Crippen molar-refractivity contribution in [2.24, 2.45) is 0 Å². The largest absolute Gasteiger partial charge is 0.486 e. The van der Waals surface area contributed by atoms with Gasteiger partial charge in [0.1, 0.15) is 18.2 Å². The molecular formula is C13H7Br3FNO3. The van der Waals surface area contributed by atoms with Gasteiger partial charge in [-0.05, 0) is 44.0 Å². The molecule has 2 aromatic carbocycles. The van der Waals surface area contributed by atoms with Crippen LogP contribution in [0.1, 0.15) is 5.56 Å².